The molecule has 1 aliphatic rings. The maximum Gasteiger partial charge on any atom is 0.254 e. The van der Waals surface area contributed by atoms with E-state index in [0.717, 1.165) is 31.5 Å². The normalized spacial score (nSPS) is 20.9. The van der Waals surface area contributed by atoms with Crippen LogP contribution in [0.4, 0.5) is 0 Å². The molecular formula is C11H15NO2S. The Bertz CT molecular complexity index is 323. The van der Waals surface area contributed by atoms with Crippen molar-refractivity contribution in [3.05, 3.63) is 22.4 Å². The van der Waals surface area contributed by atoms with E-state index in [1.54, 1.807) is 11.3 Å². The SMILES string of the molecule is O=C(c1ccsc1)N1CCC(CCO)C1. The molecule has 1 aromatic heterocycles. The highest BCUT2D eigenvalue weighted by molar-refractivity contribution is 7.08. The molecule has 1 saturated heterocycles. The summed E-state index contributed by atoms with van der Waals surface area (Å²) in [5.74, 6) is 0.620. The lowest BCUT2D eigenvalue weighted by Gasteiger charge is -2.15. The fraction of sp³-hybridized carbons (Fsp3) is 0.545. The molecule has 0 aromatic carbocycles. The van der Waals surface area contributed by atoms with Crippen molar-refractivity contribution in [2.24, 2.45) is 5.92 Å². The summed E-state index contributed by atoms with van der Waals surface area (Å²) in [5, 5.41) is 12.6. The van der Waals surface area contributed by atoms with E-state index in [-0.39, 0.29) is 12.5 Å². The Kier molecular flexibility index (Phi) is 3.38. The van der Waals surface area contributed by atoms with E-state index in [1.807, 2.05) is 21.7 Å². The van der Waals surface area contributed by atoms with Crippen molar-refractivity contribution in [1.29, 1.82) is 0 Å². The summed E-state index contributed by atoms with van der Waals surface area (Å²) in [7, 11) is 0. The highest BCUT2D eigenvalue weighted by Gasteiger charge is 2.26. The molecule has 1 atom stereocenters. The van der Waals surface area contributed by atoms with Gasteiger partial charge < -0.3 is 10.0 Å². The molecule has 0 bridgehead atoms. The summed E-state index contributed by atoms with van der Waals surface area (Å²) in [5.41, 5.74) is 0.796. The molecule has 2 rings (SSSR count). The first-order valence-corrected chi connectivity index (χ1v) is 6.18. The third-order valence-corrected chi connectivity index (χ3v) is 3.56. The minimum Gasteiger partial charge on any atom is -0.396 e. The number of rotatable bonds is 3. The molecule has 0 spiro atoms. The topological polar surface area (TPSA) is 40.5 Å². The number of hydrogen-bond acceptors (Lipinski definition) is 3. The van der Waals surface area contributed by atoms with Gasteiger partial charge >= 0.3 is 0 Å². The number of aliphatic hydroxyl groups is 1. The second-order valence-electron chi connectivity index (χ2n) is 3.93. The Morgan fingerprint density at radius 1 is 1.67 bits per heavy atom. The number of hydrogen-bond donors (Lipinski definition) is 1. The van der Waals surface area contributed by atoms with Crippen molar-refractivity contribution in [1.82, 2.24) is 4.90 Å². The predicted molar refractivity (Wildman–Crippen MR) is 60.0 cm³/mol. The Morgan fingerprint density at radius 2 is 2.53 bits per heavy atom. The summed E-state index contributed by atoms with van der Waals surface area (Å²) in [6.07, 6.45) is 1.84. The van der Waals surface area contributed by atoms with Crippen LogP contribution in [0.1, 0.15) is 23.2 Å². The standard InChI is InChI=1S/C11H15NO2S/c13-5-2-9-1-4-12(7-9)11(14)10-3-6-15-8-10/h3,6,8-9,13H,1-2,4-5,7H2. The van der Waals surface area contributed by atoms with Crippen molar-refractivity contribution in [3.63, 3.8) is 0 Å². The van der Waals surface area contributed by atoms with Crippen LogP contribution in [0.25, 0.3) is 0 Å². The zero-order chi connectivity index (χ0) is 10.7. The first-order chi connectivity index (χ1) is 7.31. The molecule has 0 radical (unpaired) electrons. The van der Waals surface area contributed by atoms with Gasteiger partial charge in [0, 0.05) is 25.1 Å². The number of likely N-dealkylation sites (tertiary alicyclic amines) is 1. The second-order valence-corrected chi connectivity index (χ2v) is 4.71. The Balaban J connectivity index is 1.93. The molecule has 0 aliphatic carbocycles. The largest absolute Gasteiger partial charge is 0.396 e. The van der Waals surface area contributed by atoms with E-state index in [4.69, 9.17) is 5.11 Å². The number of carbonyl (C=O) groups excluding carboxylic acids is 1. The van der Waals surface area contributed by atoms with Crippen LogP contribution in [0.3, 0.4) is 0 Å². The van der Waals surface area contributed by atoms with E-state index in [0.29, 0.717) is 5.92 Å². The van der Waals surface area contributed by atoms with Gasteiger partial charge in [-0.1, -0.05) is 0 Å². The molecule has 3 nitrogen and oxygen atoms in total. The van der Waals surface area contributed by atoms with E-state index >= 15 is 0 Å². The third-order valence-electron chi connectivity index (χ3n) is 2.88. The van der Waals surface area contributed by atoms with Gasteiger partial charge in [-0.25, -0.2) is 0 Å². The maximum atomic E-state index is 11.9. The first kappa shape index (κ1) is 10.6. The van der Waals surface area contributed by atoms with Crippen molar-refractivity contribution < 1.29 is 9.90 Å². The molecule has 1 amide bonds. The molecule has 0 saturated carbocycles. The summed E-state index contributed by atoms with van der Waals surface area (Å²) >= 11 is 1.55. The summed E-state index contributed by atoms with van der Waals surface area (Å²) in [6.45, 7) is 1.86. The van der Waals surface area contributed by atoms with Gasteiger partial charge in [0.25, 0.3) is 5.91 Å². The molecular weight excluding hydrogens is 210 g/mol. The molecule has 2 heterocycles. The van der Waals surface area contributed by atoms with Gasteiger partial charge in [0.1, 0.15) is 0 Å². The number of thiophene rings is 1. The summed E-state index contributed by atoms with van der Waals surface area (Å²) in [6, 6.07) is 1.87. The van der Waals surface area contributed by atoms with E-state index < -0.39 is 0 Å². The monoisotopic (exact) mass is 225 g/mol. The molecule has 15 heavy (non-hydrogen) atoms. The van der Waals surface area contributed by atoms with Crippen LogP contribution in [-0.4, -0.2) is 35.6 Å². The van der Waals surface area contributed by atoms with Crippen molar-refractivity contribution in [2.45, 2.75) is 12.8 Å². The number of nitrogens with zero attached hydrogens (tertiary/aromatic N) is 1. The van der Waals surface area contributed by atoms with Gasteiger partial charge in [0.15, 0.2) is 0 Å². The van der Waals surface area contributed by atoms with Crippen LogP contribution in [0.15, 0.2) is 16.8 Å². The minimum atomic E-state index is 0.136. The van der Waals surface area contributed by atoms with Gasteiger partial charge in [-0.3, -0.25) is 4.79 Å². The van der Waals surface area contributed by atoms with Gasteiger partial charge in [-0.05, 0) is 30.2 Å². The molecule has 82 valence electrons. The van der Waals surface area contributed by atoms with Gasteiger partial charge in [0.2, 0.25) is 0 Å². The van der Waals surface area contributed by atoms with Gasteiger partial charge in [-0.15, -0.1) is 0 Å². The van der Waals surface area contributed by atoms with Crippen LogP contribution in [0.2, 0.25) is 0 Å². The average Bonchev–Trinajstić information content (AvgIpc) is 2.87. The predicted octanol–water partition coefficient (Wildman–Crippen LogP) is 1.59. The summed E-state index contributed by atoms with van der Waals surface area (Å²) < 4.78 is 0. The maximum absolute atomic E-state index is 11.9. The molecule has 1 fully saturated rings. The molecule has 4 heteroatoms. The van der Waals surface area contributed by atoms with E-state index in [1.165, 1.54) is 0 Å². The van der Waals surface area contributed by atoms with Crippen LogP contribution >= 0.6 is 11.3 Å². The smallest absolute Gasteiger partial charge is 0.254 e. The third kappa shape index (κ3) is 2.38. The second kappa shape index (κ2) is 4.77. The quantitative estimate of drug-likeness (QED) is 0.848. The Hall–Kier alpha value is -0.870. The van der Waals surface area contributed by atoms with Crippen molar-refractivity contribution in [2.75, 3.05) is 19.7 Å². The van der Waals surface area contributed by atoms with Crippen LogP contribution in [0, 0.1) is 5.92 Å². The highest BCUT2D eigenvalue weighted by atomic mass is 32.1. The average molecular weight is 225 g/mol. The number of amides is 1. The molecule has 1 unspecified atom stereocenters. The lowest BCUT2D eigenvalue weighted by molar-refractivity contribution is 0.0785. The highest BCUT2D eigenvalue weighted by Crippen LogP contribution is 2.21. The zero-order valence-electron chi connectivity index (χ0n) is 8.56. The van der Waals surface area contributed by atoms with Crippen LogP contribution in [0.5, 0.6) is 0 Å². The minimum absolute atomic E-state index is 0.136. The van der Waals surface area contributed by atoms with Gasteiger partial charge in [-0.2, -0.15) is 11.3 Å². The fourth-order valence-electron chi connectivity index (χ4n) is 2.00. The molecule has 1 N–H and O–H groups in total. The van der Waals surface area contributed by atoms with Crippen molar-refractivity contribution in [3.8, 4) is 0 Å². The fourth-order valence-corrected chi connectivity index (χ4v) is 2.63. The lowest BCUT2D eigenvalue weighted by Crippen LogP contribution is -2.28. The summed E-state index contributed by atoms with van der Waals surface area (Å²) in [4.78, 5) is 13.8. The number of carbonyl (C=O) groups is 1. The molecule has 1 aromatic rings. The Labute approximate surface area is 93.3 Å². The van der Waals surface area contributed by atoms with E-state index in [2.05, 4.69) is 0 Å². The first-order valence-electron chi connectivity index (χ1n) is 5.23. The Morgan fingerprint density at radius 3 is 3.20 bits per heavy atom. The van der Waals surface area contributed by atoms with Gasteiger partial charge in [0.05, 0.1) is 5.56 Å². The van der Waals surface area contributed by atoms with Crippen molar-refractivity contribution >= 4 is 17.2 Å². The number of aliphatic hydroxyl groups excluding tert-OH is 1. The van der Waals surface area contributed by atoms with E-state index in [9.17, 15) is 4.79 Å². The van der Waals surface area contributed by atoms with Crippen LogP contribution < -0.4 is 0 Å². The zero-order valence-corrected chi connectivity index (χ0v) is 9.37. The molecule has 1 aliphatic heterocycles. The van der Waals surface area contributed by atoms with Crippen LogP contribution in [-0.2, 0) is 0 Å². The lowest BCUT2D eigenvalue weighted by atomic mass is 10.1.